The van der Waals surface area contributed by atoms with Crippen molar-refractivity contribution >= 4 is 30.3 Å². The Bertz CT molecular complexity index is 92.0. The zero-order chi connectivity index (χ0) is 9.28. The third-order valence-corrected chi connectivity index (χ3v) is 1.34. The van der Waals surface area contributed by atoms with E-state index < -0.39 is 11.5 Å². The van der Waals surface area contributed by atoms with Crippen LogP contribution in [0.5, 0.6) is 0 Å². The molecule has 0 fully saturated rings. The van der Waals surface area contributed by atoms with Gasteiger partial charge in [0.15, 0.2) is 0 Å². The maximum atomic E-state index is 10.0. The van der Waals surface area contributed by atoms with Crippen molar-refractivity contribution in [3.63, 3.8) is 0 Å². The van der Waals surface area contributed by atoms with Crippen LogP contribution in [-0.2, 0) is 11.5 Å². The number of halogens is 2. The molecule has 0 atom stereocenters. The van der Waals surface area contributed by atoms with Gasteiger partial charge in [0.2, 0.25) is 0 Å². The molecule has 0 amide bonds. The average Bonchev–Trinajstić information content (AvgIpc) is 1.90. The molecule has 0 bridgehead atoms. The number of hydrogen-bond donors (Lipinski definition) is 1. The van der Waals surface area contributed by atoms with Gasteiger partial charge in [-0.15, -0.1) is 7.77 Å². The van der Waals surface area contributed by atoms with Crippen LogP contribution in [0, 0.1) is 4.78 Å². The average molecular weight is 193 g/mol. The molecule has 0 saturated heterocycles. The van der Waals surface area contributed by atoms with Gasteiger partial charge < -0.3 is 4.90 Å². The zero-order valence-electron chi connectivity index (χ0n) is 8.23. The number of hydrogen-bond acceptors (Lipinski definition) is 2. The monoisotopic (exact) mass is 193 g/mol. The molecule has 71 valence electrons. The summed E-state index contributed by atoms with van der Waals surface area (Å²) in [5.41, 5.74) is 0. The minimum absolute atomic E-state index is 0. The Morgan fingerprint density at radius 2 is 1.25 bits per heavy atom. The first-order valence-electron chi connectivity index (χ1n) is 3.58. The van der Waals surface area contributed by atoms with Gasteiger partial charge in [0.05, 0.1) is 0 Å². The summed E-state index contributed by atoms with van der Waals surface area (Å²) in [4.78, 5) is 2.38. The fourth-order valence-corrected chi connectivity index (χ4v) is 0.671. The molecule has 0 aromatic carbocycles. The van der Waals surface area contributed by atoms with Crippen molar-refractivity contribution in [2.45, 2.75) is 20.8 Å². The summed E-state index contributed by atoms with van der Waals surface area (Å²) < 4.78 is 25.3. The SMILES string of the molecule is CCN(CC)CC.N=S(F)F.[Li]. The van der Waals surface area contributed by atoms with Gasteiger partial charge >= 0.3 is 0 Å². The molecule has 1 radical (unpaired) electrons. The molecule has 0 aromatic rings. The summed E-state index contributed by atoms with van der Waals surface area (Å²) in [6.07, 6.45) is 0. The van der Waals surface area contributed by atoms with Gasteiger partial charge in [-0.2, -0.15) is 0 Å². The molecule has 2 nitrogen and oxygen atoms in total. The molecule has 0 aliphatic heterocycles. The second-order valence-corrected chi connectivity index (χ2v) is 2.26. The van der Waals surface area contributed by atoms with E-state index in [9.17, 15) is 7.77 Å². The first-order valence-corrected chi connectivity index (χ1v) is 4.61. The van der Waals surface area contributed by atoms with E-state index in [2.05, 4.69) is 25.7 Å². The number of nitrogens with zero attached hydrogens (tertiary/aromatic N) is 1. The normalized spacial score (nSPS) is 8.92. The fraction of sp³-hybridized carbons (Fsp3) is 1.00. The molecule has 0 spiro atoms. The van der Waals surface area contributed by atoms with Crippen molar-refractivity contribution < 1.29 is 7.77 Å². The van der Waals surface area contributed by atoms with E-state index in [1.165, 1.54) is 19.6 Å². The van der Waals surface area contributed by atoms with Gasteiger partial charge in [-0.05, 0) is 19.6 Å². The van der Waals surface area contributed by atoms with Crippen molar-refractivity contribution in [2.75, 3.05) is 19.6 Å². The Morgan fingerprint density at radius 3 is 1.25 bits per heavy atom. The van der Waals surface area contributed by atoms with E-state index >= 15 is 0 Å². The number of rotatable bonds is 3. The summed E-state index contributed by atoms with van der Waals surface area (Å²) in [7, 11) is 0. The number of nitrogens with one attached hydrogen (secondary N) is 1. The smallest absolute Gasteiger partial charge is 0.258 e. The van der Waals surface area contributed by atoms with Crippen molar-refractivity contribution in [3.05, 3.63) is 0 Å². The van der Waals surface area contributed by atoms with Crippen LogP contribution in [-0.4, -0.2) is 43.4 Å². The van der Waals surface area contributed by atoms with Crippen LogP contribution in [0.1, 0.15) is 20.8 Å². The molecular formula is C6H16F2LiN2S. The summed E-state index contributed by atoms with van der Waals surface area (Å²) in [6.45, 7) is 10.1. The Balaban J connectivity index is -0.000000142. The fourth-order valence-electron chi connectivity index (χ4n) is 0.671. The zero-order valence-corrected chi connectivity index (χ0v) is 9.05. The van der Waals surface area contributed by atoms with Crippen LogP contribution >= 0.6 is 0 Å². The molecule has 12 heavy (non-hydrogen) atoms. The summed E-state index contributed by atoms with van der Waals surface area (Å²) in [5, 5.41) is 0. The molecule has 0 aliphatic carbocycles. The second kappa shape index (κ2) is 14.1. The van der Waals surface area contributed by atoms with E-state index in [1.54, 1.807) is 0 Å². The van der Waals surface area contributed by atoms with Gasteiger partial charge in [-0.3, -0.25) is 0 Å². The third kappa shape index (κ3) is 22.4. The van der Waals surface area contributed by atoms with E-state index in [0.29, 0.717) is 0 Å². The molecule has 0 heterocycles. The van der Waals surface area contributed by atoms with E-state index in [-0.39, 0.29) is 18.9 Å². The van der Waals surface area contributed by atoms with Gasteiger partial charge in [0.1, 0.15) is 0 Å². The van der Waals surface area contributed by atoms with Gasteiger partial charge in [-0.25, -0.2) is 4.78 Å². The predicted molar refractivity (Wildman–Crippen MR) is 51.5 cm³/mol. The Labute approximate surface area is 88.4 Å². The quantitative estimate of drug-likeness (QED) is 0.683. The Kier molecular flexibility index (Phi) is 21.6. The Hall–Kier alpha value is 0.567. The minimum Gasteiger partial charge on any atom is -0.304 e. The molecule has 6 heteroatoms. The topological polar surface area (TPSA) is 27.1 Å². The first-order chi connectivity index (χ1) is 5.08. The largest absolute Gasteiger partial charge is 0.304 e. The maximum absolute atomic E-state index is 10.0. The molecule has 0 unspecified atom stereocenters. The maximum Gasteiger partial charge on any atom is 0.258 e. The molecule has 0 rings (SSSR count). The molecule has 0 aliphatic rings. The standard InChI is InChI=1S/C6H15N.F2HNS.Li/c1-4-7(5-2)6-3;1-4(2)3;/h4-6H2,1-3H3;3H;. The summed E-state index contributed by atoms with van der Waals surface area (Å²) in [6, 6.07) is 0. The van der Waals surface area contributed by atoms with Crippen LogP contribution in [0.4, 0.5) is 7.77 Å². The van der Waals surface area contributed by atoms with E-state index in [4.69, 9.17) is 4.78 Å². The van der Waals surface area contributed by atoms with Crippen LogP contribution in [0.15, 0.2) is 0 Å². The first kappa shape index (κ1) is 18.4. The van der Waals surface area contributed by atoms with Gasteiger partial charge in [0.25, 0.3) is 11.5 Å². The molecular weight excluding hydrogens is 177 g/mol. The van der Waals surface area contributed by atoms with Crippen LogP contribution in [0.3, 0.4) is 0 Å². The summed E-state index contributed by atoms with van der Waals surface area (Å²) >= 11 is -3.11. The molecule has 1 N–H and O–H groups in total. The van der Waals surface area contributed by atoms with Gasteiger partial charge in [0, 0.05) is 18.9 Å². The second-order valence-electron chi connectivity index (χ2n) is 1.83. The summed E-state index contributed by atoms with van der Waals surface area (Å²) in [5.74, 6) is 0. The van der Waals surface area contributed by atoms with Crippen molar-refractivity contribution in [3.8, 4) is 0 Å². The van der Waals surface area contributed by atoms with Gasteiger partial charge in [-0.1, -0.05) is 20.8 Å². The predicted octanol–water partition coefficient (Wildman–Crippen LogP) is 2.10. The van der Waals surface area contributed by atoms with Crippen LogP contribution in [0.25, 0.3) is 0 Å². The third-order valence-electron chi connectivity index (χ3n) is 1.34. The van der Waals surface area contributed by atoms with Crippen LogP contribution in [0.2, 0.25) is 0 Å². The minimum atomic E-state index is -3.11. The molecule has 0 saturated carbocycles. The van der Waals surface area contributed by atoms with E-state index in [1.807, 2.05) is 0 Å². The van der Waals surface area contributed by atoms with Crippen molar-refractivity contribution in [2.24, 2.45) is 0 Å². The van der Waals surface area contributed by atoms with Crippen LogP contribution < -0.4 is 0 Å². The van der Waals surface area contributed by atoms with Crippen molar-refractivity contribution in [1.29, 1.82) is 4.78 Å². The Morgan fingerprint density at radius 1 is 1.08 bits per heavy atom. The van der Waals surface area contributed by atoms with Crippen molar-refractivity contribution in [1.82, 2.24) is 4.90 Å². The molecule has 0 aromatic heterocycles. The van der Waals surface area contributed by atoms with E-state index in [0.717, 1.165) is 0 Å².